The Labute approximate surface area is 211 Å². The number of fused-ring (bicyclic) bond motifs is 1. The molecule has 1 atom stereocenters. The highest BCUT2D eigenvalue weighted by molar-refractivity contribution is 6.04. The maximum absolute atomic E-state index is 13.0. The summed E-state index contributed by atoms with van der Waals surface area (Å²) in [7, 11) is 0. The van der Waals surface area contributed by atoms with Crippen molar-refractivity contribution in [1.29, 1.82) is 0 Å². The Morgan fingerprint density at radius 2 is 1.53 bits per heavy atom. The van der Waals surface area contributed by atoms with Gasteiger partial charge in [0.25, 0.3) is 0 Å². The number of carbonyl (C=O) groups is 2. The van der Waals surface area contributed by atoms with Gasteiger partial charge in [0.15, 0.2) is 0 Å². The summed E-state index contributed by atoms with van der Waals surface area (Å²) in [5.74, 6) is 0.925. The molecule has 1 fully saturated rings. The molecular weight excluding hydrogens is 448 g/mol. The van der Waals surface area contributed by atoms with Crippen molar-refractivity contribution in [1.82, 2.24) is 0 Å². The van der Waals surface area contributed by atoms with Gasteiger partial charge in [-0.3, -0.25) is 9.59 Å². The largest absolute Gasteiger partial charge is 0.457 e. The van der Waals surface area contributed by atoms with E-state index < -0.39 is 0 Å². The molecule has 0 aliphatic carbocycles. The fourth-order valence-electron chi connectivity index (χ4n) is 4.88. The predicted octanol–water partition coefficient (Wildman–Crippen LogP) is 6.75. The molecule has 4 aromatic rings. The number of nitrogens with zero attached hydrogens (tertiary/aromatic N) is 1. The Morgan fingerprint density at radius 3 is 2.22 bits per heavy atom. The maximum Gasteiger partial charge on any atom is 0.229 e. The van der Waals surface area contributed by atoms with Crippen molar-refractivity contribution in [3.63, 3.8) is 0 Å². The lowest BCUT2D eigenvalue weighted by Gasteiger charge is -2.23. The molecule has 0 bridgehead atoms. The Kier molecular flexibility index (Phi) is 6.72. The van der Waals surface area contributed by atoms with Gasteiger partial charge >= 0.3 is 0 Å². The third kappa shape index (κ3) is 4.82. The van der Waals surface area contributed by atoms with Gasteiger partial charge in [0.05, 0.1) is 5.92 Å². The summed E-state index contributed by atoms with van der Waals surface area (Å²) in [5, 5.41) is 5.26. The zero-order chi connectivity index (χ0) is 25.1. The molecule has 1 N–H and O–H groups in total. The summed E-state index contributed by atoms with van der Waals surface area (Å²) in [4.78, 5) is 27.7. The van der Waals surface area contributed by atoms with E-state index in [4.69, 9.17) is 4.74 Å². The summed E-state index contributed by atoms with van der Waals surface area (Å²) in [6.45, 7) is 4.59. The molecule has 0 radical (unpaired) electrons. The number of para-hydroxylation sites is 1. The van der Waals surface area contributed by atoms with Crippen molar-refractivity contribution >= 4 is 34.0 Å². The van der Waals surface area contributed by atoms with Gasteiger partial charge in [0.2, 0.25) is 11.8 Å². The third-order valence-corrected chi connectivity index (χ3v) is 6.81. The molecular formula is C31H30N2O3. The van der Waals surface area contributed by atoms with E-state index >= 15 is 0 Å². The van der Waals surface area contributed by atoms with Crippen molar-refractivity contribution in [3.8, 4) is 11.5 Å². The number of hydrogen-bond acceptors (Lipinski definition) is 3. The summed E-state index contributed by atoms with van der Waals surface area (Å²) >= 11 is 0. The Morgan fingerprint density at radius 1 is 0.861 bits per heavy atom. The smallest absolute Gasteiger partial charge is 0.229 e. The minimum atomic E-state index is -0.388. The number of aryl methyl sites for hydroxylation is 2. The van der Waals surface area contributed by atoms with Gasteiger partial charge < -0.3 is 15.0 Å². The SMILES string of the molecule is CCc1cccc(CC)c1N1C[C@@H](C(=O)Nc2ccc(Oc3ccc4ccccc4c3)cc2)CC1=O. The van der Waals surface area contributed by atoms with E-state index in [1.165, 1.54) is 0 Å². The molecule has 2 amide bonds. The third-order valence-electron chi connectivity index (χ3n) is 6.81. The van der Waals surface area contributed by atoms with E-state index in [9.17, 15) is 9.59 Å². The quantitative estimate of drug-likeness (QED) is 0.320. The lowest BCUT2D eigenvalue weighted by molar-refractivity contribution is -0.122. The second-order valence-corrected chi connectivity index (χ2v) is 9.16. The minimum Gasteiger partial charge on any atom is -0.457 e. The fraction of sp³-hybridized carbons (Fsp3) is 0.226. The van der Waals surface area contributed by atoms with Crippen molar-refractivity contribution in [2.24, 2.45) is 5.92 Å². The van der Waals surface area contributed by atoms with Crippen LogP contribution >= 0.6 is 0 Å². The Bertz CT molecular complexity index is 1390. The zero-order valence-electron chi connectivity index (χ0n) is 20.7. The second-order valence-electron chi connectivity index (χ2n) is 9.16. The van der Waals surface area contributed by atoms with Gasteiger partial charge in [-0.2, -0.15) is 0 Å². The molecule has 0 aromatic heterocycles. The van der Waals surface area contributed by atoms with E-state index in [1.807, 2.05) is 65.6 Å². The standard InChI is InChI=1S/C31H30N2O3/c1-3-21-10-7-11-22(4-2)30(21)33-20-25(19-29(33)34)31(35)32-26-13-16-27(17-14-26)36-28-15-12-23-8-5-6-9-24(23)18-28/h5-18,25H,3-4,19-20H2,1-2H3,(H,32,35)/t25-/m0/s1. The van der Waals surface area contributed by atoms with Crippen molar-refractivity contribution < 1.29 is 14.3 Å². The summed E-state index contributed by atoms with van der Waals surface area (Å²) in [6, 6.07) is 27.6. The van der Waals surface area contributed by atoms with Crippen LogP contribution in [0.15, 0.2) is 84.9 Å². The number of hydrogen-bond donors (Lipinski definition) is 1. The Balaban J connectivity index is 1.24. The molecule has 0 saturated carbocycles. The molecule has 182 valence electrons. The van der Waals surface area contributed by atoms with Crippen LogP contribution in [-0.2, 0) is 22.4 Å². The number of ether oxygens (including phenoxy) is 1. The molecule has 5 heteroatoms. The van der Waals surface area contributed by atoms with E-state index in [0.717, 1.165) is 46.2 Å². The molecule has 5 nitrogen and oxygen atoms in total. The maximum atomic E-state index is 13.0. The van der Waals surface area contributed by atoms with Gasteiger partial charge in [-0.1, -0.05) is 62.4 Å². The lowest BCUT2D eigenvalue weighted by Crippen LogP contribution is -2.29. The summed E-state index contributed by atoms with van der Waals surface area (Å²) < 4.78 is 6.00. The van der Waals surface area contributed by atoms with Gasteiger partial charge in [-0.25, -0.2) is 0 Å². The average molecular weight is 479 g/mol. The zero-order valence-corrected chi connectivity index (χ0v) is 20.7. The number of rotatable bonds is 7. The first-order valence-corrected chi connectivity index (χ1v) is 12.5. The average Bonchev–Trinajstić information content (AvgIpc) is 3.30. The molecule has 1 aliphatic heterocycles. The highest BCUT2D eigenvalue weighted by Gasteiger charge is 2.36. The topological polar surface area (TPSA) is 58.6 Å². The molecule has 36 heavy (non-hydrogen) atoms. The van der Waals surface area contributed by atoms with Crippen LogP contribution in [0.3, 0.4) is 0 Å². The fourth-order valence-corrected chi connectivity index (χ4v) is 4.88. The number of amides is 2. The van der Waals surface area contributed by atoms with Crippen LogP contribution in [0.4, 0.5) is 11.4 Å². The minimum absolute atomic E-state index is 0.00452. The number of anilines is 2. The van der Waals surface area contributed by atoms with Crippen LogP contribution in [0.2, 0.25) is 0 Å². The second kappa shape index (κ2) is 10.2. The molecule has 1 saturated heterocycles. The van der Waals surface area contributed by atoms with E-state index in [2.05, 4.69) is 43.4 Å². The molecule has 5 rings (SSSR count). The van der Waals surface area contributed by atoms with Crippen LogP contribution in [0.1, 0.15) is 31.4 Å². The molecule has 0 unspecified atom stereocenters. The van der Waals surface area contributed by atoms with Crippen LogP contribution in [0.5, 0.6) is 11.5 Å². The summed E-state index contributed by atoms with van der Waals surface area (Å²) in [5.41, 5.74) is 3.95. The van der Waals surface area contributed by atoms with Crippen LogP contribution < -0.4 is 15.0 Å². The normalized spacial score (nSPS) is 15.3. The molecule has 1 aliphatic rings. The monoisotopic (exact) mass is 478 g/mol. The highest BCUT2D eigenvalue weighted by Crippen LogP contribution is 2.33. The number of nitrogens with one attached hydrogen (secondary N) is 1. The molecule has 1 heterocycles. The van der Waals surface area contributed by atoms with Crippen LogP contribution in [-0.4, -0.2) is 18.4 Å². The lowest BCUT2D eigenvalue weighted by atomic mass is 10.0. The number of benzene rings is 4. The van der Waals surface area contributed by atoms with Gasteiger partial charge in [0.1, 0.15) is 11.5 Å². The van der Waals surface area contributed by atoms with E-state index in [0.29, 0.717) is 18.0 Å². The van der Waals surface area contributed by atoms with Crippen molar-refractivity contribution in [2.75, 3.05) is 16.8 Å². The highest BCUT2D eigenvalue weighted by atomic mass is 16.5. The van der Waals surface area contributed by atoms with E-state index in [1.54, 1.807) is 0 Å². The number of carbonyl (C=O) groups excluding carboxylic acids is 2. The van der Waals surface area contributed by atoms with Crippen LogP contribution in [0, 0.1) is 5.92 Å². The first-order valence-electron chi connectivity index (χ1n) is 12.5. The summed E-state index contributed by atoms with van der Waals surface area (Å²) in [6.07, 6.45) is 1.91. The first-order chi connectivity index (χ1) is 17.6. The van der Waals surface area contributed by atoms with E-state index in [-0.39, 0.29) is 24.2 Å². The van der Waals surface area contributed by atoms with Crippen LogP contribution in [0.25, 0.3) is 10.8 Å². The first kappa shape index (κ1) is 23.6. The van der Waals surface area contributed by atoms with Gasteiger partial charge in [-0.05, 0) is 71.1 Å². The molecule has 0 spiro atoms. The Hall–Kier alpha value is -4.12. The van der Waals surface area contributed by atoms with Gasteiger partial charge in [0, 0.05) is 24.3 Å². The van der Waals surface area contributed by atoms with Gasteiger partial charge in [-0.15, -0.1) is 0 Å². The molecule has 4 aromatic carbocycles. The predicted molar refractivity (Wildman–Crippen MR) is 145 cm³/mol. The van der Waals surface area contributed by atoms with Crippen molar-refractivity contribution in [3.05, 3.63) is 96.1 Å². The van der Waals surface area contributed by atoms with Crippen molar-refractivity contribution in [2.45, 2.75) is 33.1 Å².